The summed E-state index contributed by atoms with van der Waals surface area (Å²) in [6.07, 6.45) is -3.32. The number of aliphatic hydroxyl groups excluding tert-OH is 1. The lowest BCUT2D eigenvalue weighted by Crippen LogP contribution is -2.05. The summed E-state index contributed by atoms with van der Waals surface area (Å²) < 4.78 is 42.8. The molecule has 0 saturated carbocycles. The molecule has 112 valence electrons. The molecule has 0 radical (unpaired) electrons. The van der Waals surface area contributed by atoms with E-state index in [0.29, 0.717) is 18.4 Å². The van der Waals surface area contributed by atoms with E-state index in [4.69, 9.17) is 21.4 Å². The summed E-state index contributed by atoms with van der Waals surface area (Å²) in [7, 11) is 0. The van der Waals surface area contributed by atoms with Gasteiger partial charge in [-0.3, -0.25) is 0 Å². The second kappa shape index (κ2) is 6.32. The Kier molecular flexibility index (Phi) is 4.69. The van der Waals surface area contributed by atoms with E-state index in [2.05, 4.69) is 4.98 Å². The van der Waals surface area contributed by atoms with Gasteiger partial charge in [-0.25, -0.2) is 4.98 Å². The van der Waals surface area contributed by atoms with Crippen molar-refractivity contribution in [2.45, 2.75) is 12.6 Å². The molecular weight excluding hydrogens is 307 g/mol. The van der Waals surface area contributed by atoms with Crippen LogP contribution in [-0.4, -0.2) is 16.7 Å². The van der Waals surface area contributed by atoms with Gasteiger partial charge in [-0.05, 0) is 30.2 Å². The first-order valence-corrected chi connectivity index (χ1v) is 6.38. The second-order valence-electron chi connectivity index (χ2n) is 4.23. The maximum Gasteiger partial charge on any atom is 0.417 e. The SMILES string of the molecule is OCCc1ccc(Oc2ncc(C(F)(F)F)cc2Cl)cc1. The molecule has 0 unspecified atom stereocenters. The fourth-order valence-electron chi connectivity index (χ4n) is 1.62. The quantitative estimate of drug-likeness (QED) is 0.924. The molecule has 2 rings (SSSR count). The van der Waals surface area contributed by atoms with Gasteiger partial charge in [0.1, 0.15) is 10.8 Å². The van der Waals surface area contributed by atoms with E-state index in [1.165, 1.54) is 0 Å². The molecule has 21 heavy (non-hydrogen) atoms. The van der Waals surface area contributed by atoms with Crippen LogP contribution in [0.4, 0.5) is 13.2 Å². The van der Waals surface area contributed by atoms with Crippen molar-refractivity contribution in [3.05, 3.63) is 52.7 Å². The van der Waals surface area contributed by atoms with E-state index >= 15 is 0 Å². The van der Waals surface area contributed by atoms with Gasteiger partial charge in [0, 0.05) is 12.8 Å². The number of aliphatic hydroxyl groups is 1. The smallest absolute Gasteiger partial charge is 0.417 e. The molecule has 1 N–H and O–H groups in total. The van der Waals surface area contributed by atoms with Crippen molar-refractivity contribution in [1.29, 1.82) is 0 Å². The molecule has 0 saturated heterocycles. The molecule has 0 amide bonds. The third kappa shape index (κ3) is 4.09. The molecule has 7 heteroatoms. The Morgan fingerprint density at radius 2 is 1.86 bits per heavy atom. The minimum absolute atomic E-state index is 0.0342. The van der Waals surface area contributed by atoms with Gasteiger partial charge in [0.25, 0.3) is 0 Å². The van der Waals surface area contributed by atoms with Gasteiger partial charge in [-0.2, -0.15) is 13.2 Å². The minimum Gasteiger partial charge on any atom is -0.438 e. The van der Waals surface area contributed by atoms with Crippen LogP contribution in [0.2, 0.25) is 5.02 Å². The van der Waals surface area contributed by atoms with Gasteiger partial charge in [0.15, 0.2) is 0 Å². The van der Waals surface area contributed by atoms with Crippen LogP contribution < -0.4 is 4.74 Å². The third-order valence-corrected chi connectivity index (χ3v) is 2.94. The Labute approximate surface area is 124 Å². The number of hydrogen-bond acceptors (Lipinski definition) is 3. The highest BCUT2D eigenvalue weighted by atomic mass is 35.5. The third-order valence-electron chi connectivity index (χ3n) is 2.67. The van der Waals surface area contributed by atoms with Crippen molar-refractivity contribution in [2.24, 2.45) is 0 Å². The molecule has 0 aliphatic rings. The standard InChI is InChI=1S/C14H11ClF3NO2/c15-12-7-10(14(16,17)18)8-19-13(12)21-11-3-1-9(2-4-11)5-6-20/h1-4,7-8,20H,5-6H2. The van der Waals surface area contributed by atoms with Crippen molar-refractivity contribution in [3.63, 3.8) is 0 Å². The van der Waals surface area contributed by atoms with Crippen LogP contribution in [0.1, 0.15) is 11.1 Å². The fraction of sp³-hybridized carbons (Fsp3) is 0.214. The number of hydrogen-bond donors (Lipinski definition) is 1. The number of nitrogens with zero attached hydrogens (tertiary/aromatic N) is 1. The zero-order valence-electron chi connectivity index (χ0n) is 10.7. The van der Waals surface area contributed by atoms with Crippen molar-refractivity contribution in [3.8, 4) is 11.6 Å². The first kappa shape index (κ1) is 15.6. The average molecular weight is 318 g/mol. The minimum atomic E-state index is -4.50. The Morgan fingerprint density at radius 3 is 2.38 bits per heavy atom. The maximum absolute atomic E-state index is 12.5. The molecule has 3 nitrogen and oxygen atoms in total. The van der Waals surface area contributed by atoms with Crippen LogP contribution in [0, 0.1) is 0 Å². The monoisotopic (exact) mass is 317 g/mol. The van der Waals surface area contributed by atoms with Crippen LogP contribution in [0.5, 0.6) is 11.6 Å². The largest absolute Gasteiger partial charge is 0.438 e. The van der Waals surface area contributed by atoms with Crippen LogP contribution in [0.25, 0.3) is 0 Å². The zero-order valence-corrected chi connectivity index (χ0v) is 11.4. The van der Waals surface area contributed by atoms with Crippen molar-refractivity contribution >= 4 is 11.6 Å². The highest BCUT2D eigenvalue weighted by Gasteiger charge is 2.31. The van der Waals surface area contributed by atoms with Crippen LogP contribution in [0.15, 0.2) is 36.5 Å². The fourth-order valence-corrected chi connectivity index (χ4v) is 1.83. The van der Waals surface area contributed by atoms with E-state index in [1.54, 1.807) is 24.3 Å². The summed E-state index contributed by atoms with van der Waals surface area (Å²) in [4.78, 5) is 3.58. The molecule has 0 aliphatic heterocycles. The Morgan fingerprint density at radius 1 is 1.19 bits per heavy atom. The van der Waals surface area contributed by atoms with E-state index in [1.807, 2.05) is 0 Å². The number of ether oxygens (including phenoxy) is 1. The number of aromatic nitrogens is 1. The lowest BCUT2D eigenvalue weighted by molar-refractivity contribution is -0.137. The normalized spacial score (nSPS) is 11.5. The first-order valence-electron chi connectivity index (χ1n) is 6.00. The Hall–Kier alpha value is -1.79. The molecular formula is C14H11ClF3NO2. The lowest BCUT2D eigenvalue weighted by Gasteiger charge is -2.10. The number of rotatable bonds is 4. The Balaban J connectivity index is 2.16. The second-order valence-corrected chi connectivity index (χ2v) is 4.64. The maximum atomic E-state index is 12.5. The van der Waals surface area contributed by atoms with Crippen LogP contribution in [0.3, 0.4) is 0 Å². The average Bonchev–Trinajstić information content (AvgIpc) is 2.42. The molecule has 2 aromatic rings. The van der Waals surface area contributed by atoms with Gasteiger partial charge in [0.2, 0.25) is 5.88 Å². The number of halogens is 4. The first-order chi connectivity index (χ1) is 9.90. The highest BCUT2D eigenvalue weighted by molar-refractivity contribution is 6.31. The molecule has 0 fully saturated rings. The number of benzene rings is 1. The highest BCUT2D eigenvalue weighted by Crippen LogP contribution is 2.34. The van der Waals surface area contributed by atoms with Crippen LogP contribution in [-0.2, 0) is 12.6 Å². The van der Waals surface area contributed by atoms with Gasteiger partial charge >= 0.3 is 6.18 Å². The van der Waals surface area contributed by atoms with E-state index in [-0.39, 0.29) is 17.5 Å². The number of alkyl halides is 3. The van der Waals surface area contributed by atoms with Crippen LogP contribution >= 0.6 is 11.6 Å². The number of pyridine rings is 1. The van der Waals surface area contributed by atoms with Gasteiger partial charge in [-0.15, -0.1) is 0 Å². The lowest BCUT2D eigenvalue weighted by atomic mass is 10.1. The summed E-state index contributed by atoms with van der Waals surface area (Å²) in [5, 5.41) is 8.58. The molecule has 1 aromatic heterocycles. The predicted octanol–water partition coefficient (Wildman–Crippen LogP) is 4.08. The predicted molar refractivity (Wildman–Crippen MR) is 71.6 cm³/mol. The molecule has 1 heterocycles. The summed E-state index contributed by atoms with van der Waals surface area (Å²) in [5.41, 5.74) is -0.0190. The zero-order chi connectivity index (χ0) is 15.5. The summed E-state index contributed by atoms with van der Waals surface area (Å²) in [5.74, 6) is 0.297. The molecule has 0 atom stereocenters. The van der Waals surface area contributed by atoms with Crippen molar-refractivity contribution < 1.29 is 23.0 Å². The molecule has 0 spiro atoms. The van der Waals surface area contributed by atoms with Crippen molar-refractivity contribution in [2.75, 3.05) is 6.61 Å². The summed E-state index contributed by atoms with van der Waals surface area (Å²) in [6, 6.07) is 7.50. The Bertz CT molecular complexity index is 615. The van der Waals surface area contributed by atoms with E-state index in [0.717, 1.165) is 11.6 Å². The topological polar surface area (TPSA) is 42.4 Å². The molecule has 1 aromatic carbocycles. The van der Waals surface area contributed by atoms with Gasteiger partial charge in [0.05, 0.1) is 5.56 Å². The summed E-state index contributed by atoms with van der Waals surface area (Å²) in [6.45, 7) is 0.0342. The molecule has 0 bridgehead atoms. The summed E-state index contributed by atoms with van der Waals surface area (Å²) >= 11 is 5.75. The van der Waals surface area contributed by atoms with E-state index < -0.39 is 11.7 Å². The van der Waals surface area contributed by atoms with E-state index in [9.17, 15) is 13.2 Å². The van der Waals surface area contributed by atoms with Gasteiger partial charge < -0.3 is 9.84 Å². The van der Waals surface area contributed by atoms with Crippen molar-refractivity contribution in [1.82, 2.24) is 4.98 Å². The van der Waals surface area contributed by atoms with Gasteiger partial charge in [-0.1, -0.05) is 23.7 Å². The molecule has 0 aliphatic carbocycles.